The van der Waals surface area contributed by atoms with Crippen molar-refractivity contribution in [2.45, 2.75) is 25.4 Å². The van der Waals surface area contributed by atoms with Crippen molar-refractivity contribution in [3.05, 3.63) is 0 Å². The van der Waals surface area contributed by atoms with Crippen molar-refractivity contribution < 1.29 is 9.53 Å². The Labute approximate surface area is 71.7 Å². The number of rotatable bonds is 2. The van der Waals surface area contributed by atoms with Crippen LogP contribution in [0.3, 0.4) is 0 Å². The third kappa shape index (κ3) is 1.76. The van der Waals surface area contributed by atoms with Crippen molar-refractivity contribution in [2.75, 3.05) is 18.6 Å². The fourth-order valence-corrected chi connectivity index (χ4v) is 2.64. The van der Waals surface area contributed by atoms with Gasteiger partial charge in [-0.15, -0.1) is 0 Å². The van der Waals surface area contributed by atoms with Gasteiger partial charge in [-0.05, 0) is 25.5 Å². The van der Waals surface area contributed by atoms with Crippen molar-refractivity contribution >= 4 is 17.5 Å². The number of thioether (sulfide) groups is 1. The monoisotopic (exact) mass is 174 g/mol. The molecular formula is C8H14O2S. The van der Waals surface area contributed by atoms with Gasteiger partial charge in [0.2, 0.25) is 0 Å². The third-order valence-corrected chi connectivity index (χ3v) is 3.48. The Kier molecular flexibility index (Phi) is 2.96. The second-order valence-electron chi connectivity index (χ2n) is 2.91. The predicted octanol–water partition coefficient (Wildman–Crippen LogP) is 1.49. The minimum Gasteiger partial charge on any atom is -0.370 e. The first-order valence-corrected chi connectivity index (χ1v) is 5.01. The number of hydrogen-bond acceptors (Lipinski definition) is 3. The summed E-state index contributed by atoms with van der Waals surface area (Å²) in [6.07, 6.45) is 1.99. The quantitative estimate of drug-likeness (QED) is 0.634. The van der Waals surface area contributed by atoms with E-state index in [1.165, 1.54) is 5.75 Å². The molecule has 64 valence electrons. The van der Waals surface area contributed by atoms with Gasteiger partial charge in [0.15, 0.2) is 5.78 Å². The minimum absolute atomic E-state index is 0.173. The largest absolute Gasteiger partial charge is 0.370 e. The van der Waals surface area contributed by atoms with Gasteiger partial charge < -0.3 is 4.74 Å². The lowest BCUT2D eigenvalue weighted by molar-refractivity contribution is -0.137. The van der Waals surface area contributed by atoms with Crippen LogP contribution >= 0.6 is 11.8 Å². The normalized spacial score (nSPS) is 31.8. The summed E-state index contributed by atoms with van der Waals surface area (Å²) < 4.78 is 5.27. The number of Topliss-reactive ketones (excluding diaryl/α,β-unsaturated/α-hetero) is 1. The zero-order valence-corrected chi connectivity index (χ0v) is 7.87. The summed E-state index contributed by atoms with van der Waals surface area (Å²) in [7, 11) is 1.63. The van der Waals surface area contributed by atoms with Crippen molar-refractivity contribution in [2.24, 2.45) is 0 Å². The minimum atomic E-state index is -0.455. The lowest BCUT2D eigenvalue weighted by Gasteiger charge is -2.32. The lowest BCUT2D eigenvalue weighted by atomic mass is 9.95. The van der Waals surface area contributed by atoms with Gasteiger partial charge in [-0.3, -0.25) is 4.79 Å². The van der Waals surface area contributed by atoms with Crippen molar-refractivity contribution in [3.8, 4) is 0 Å². The summed E-state index contributed by atoms with van der Waals surface area (Å²) in [4.78, 5) is 11.2. The summed E-state index contributed by atoms with van der Waals surface area (Å²) >= 11 is 1.81. The van der Waals surface area contributed by atoms with E-state index in [9.17, 15) is 4.79 Å². The zero-order valence-electron chi connectivity index (χ0n) is 7.05. The number of ether oxygens (including phenoxy) is 1. The maximum atomic E-state index is 11.2. The number of hydrogen-bond donors (Lipinski definition) is 0. The topological polar surface area (TPSA) is 26.3 Å². The second kappa shape index (κ2) is 3.59. The van der Waals surface area contributed by atoms with Crippen LogP contribution in [0.25, 0.3) is 0 Å². The van der Waals surface area contributed by atoms with E-state index in [-0.39, 0.29) is 5.78 Å². The van der Waals surface area contributed by atoms with E-state index in [1.54, 1.807) is 14.0 Å². The highest BCUT2D eigenvalue weighted by Crippen LogP contribution is 2.30. The molecule has 0 aromatic rings. The third-order valence-electron chi connectivity index (χ3n) is 2.24. The van der Waals surface area contributed by atoms with E-state index < -0.39 is 5.60 Å². The van der Waals surface area contributed by atoms with Crippen molar-refractivity contribution in [1.29, 1.82) is 0 Å². The predicted molar refractivity (Wildman–Crippen MR) is 47.0 cm³/mol. The standard InChI is InChI=1S/C8H14O2S/c1-7(9)8(10-2)4-3-5-11-6-8/h3-6H2,1-2H3. The van der Waals surface area contributed by atoms with E-state index in [0.29, 0.717) is 0 Å². The summed E-state index contributed by atoms with van der Waals surface area (Å²) in [6, 6.07) is 0. The first-order chi connectivity index (χ1) is 5.21. The highest BCUT2D eigenvalue weighted by Gasteiger charge is 2.36. The number of methoxy groups -OCH3 is 1. The molecule has 1 saturated heterocycles. The molecule has 0 aliphatic carbocycles. The molecule has 0 saturated carbocycles. The molecule has 0 radical (unpaired) electrons. The number of ketones is 1. The zero-order chi connectivity index (χ0) is 8.32. The molecule has 0 spiro atoms. The smallest absolute Gasteiger partial charge is 0.162 e. The molecule has 1 unspecified atom stereocenters. The fourth-order valence-electron chi connectivity index (χ4n) is 1.35. The molecule has 1 heterocycles. The van der Waals surface area contributed by atoms with Crippen LogP contribution in [-0.4, -0.2) is 30.0 Å². The van der Waals surface area contributed by atoms with Gasteiger partial charge in [0.25, 0.3) is 0 Å². The van der Waals surface area contributed by atoms with Gasteiger partial charge in [0.05, 0.1) is 0 Å². The van der Waals surface area contributed by atoms with E-state index in [0.717, 1.165) is 18.6 Å². The summed E-state index contributed by atoms with van der Waals surface area (Å²) in [5.74, 6) is 2.17. The van der Waals surface area contributed by atoms with Crippen LogP contribution in [0, 0.1) is 0 Å². The molecule has 2 nitrogen and oxygen atoms in total. The van der Waals surface area contributed by atoms with Crippen molar-refractivity contribution in [3.63, 3.8) is 0 Å². The molecule has 0 aromatic carbocycles. The molecule has 0 N–H and O–H groups in total. The highest BCUT2D eigenvalue weighted by molar-refractivity contribution is 7.99. The molecule has 1 aliphatic heterocycles. The lowest BCUT2D eigenvalue weighted by Crippen LogP contribution is -2.43. The van der Waals surface area contributed by atoms with Gasteiger partial charge >= 0.3 is 0 Å². The Balaban J connectivity index is 2.64. The summed E-state index contributed by atoms with van der Waals surface area (Å²) in [5.41, 5.74) is -0.455. The maximum absolute atomic E-state index is 11.2. The van der Waals surface area contributed by atoms with Gasteiger partial charge in [-0.25, -0.2) is 0 Å². The first-order valence-electron chi connectivity index (χ1n) is 3.85. The molecule has 1 aliphatic rings. The van der Waals surface area contributed by atoms with Crippen LogP contribution in [0.15, 0.2) is 0 Å². The van der Waals surface area contributed by atoms with Gasteiger partial charge in [-0.1, -0.05) is 0 Å². The Morgan fingerprint density at radius 1 is 1.64 bits per heavy atom. The average molecular weight is 174 g/mol. The molecule has 11 heavy (non-hydrogen) atoms. The highest BCUT2D eigenvalue weighted by atomic mass is 32.2. The number of carbonyl (C=O) groups is 1. The first kappa shape index (κ1) is 9.07. The molecule has 1 atom stereocenters. The van der Waals surface area contributed by atoms with Gasteiger partial charge in [-0.2, -0.15) is 11.8 Å². The Morgan fingerprint density at radius 2 is 2.36 bits per heavy atom. The molecule has 1 rings (SSSR count). The van der Waals surface area contributed by atoms with E-state index in [1.807, 2.05) is 11.8 Å². The molecule has 0 amide bonds. The van der Waals surface area contributed by atoms with Crippen molar-refractivity contribution in [1.82, 2.24) is 0 Å². The van der Waals surface area contributed by atoms with Crippen LogP contribution in [0.1, 0.15) is 19.8 Å². The number of carbonyl (C=O) groups excluding carboxylic acids is 1. The van der Waals surface area contributed by atoms with Crippen LogP contribution in [0.4, 0.5) is 0 Å². The van der Waals surface area contributed by atoms with Crippen LogP contribution < -0.4 is 0 Å². The Bertz CT molecular complexity index is 150. The summed E-state index contributed by atoms with van der Waals surface area (Å²) in [6.45, 7) is 1.62. The van der Waals surface area contributed by atoms with Crippen LogP contribution in [0.5, 0.6) is 0 Å². The van der Waals surface area contributed by atoms with Crippen LogP contribution in [-0.2, 0) is 9.53 Å². The van der Waals surface area contributed by atoms with Gasteiger partial charge in [0, 0.05) is 12.9 Å². The maximum Gasteiger partial charge on any atom is 0.162 e. The molecular weight excluding hydrogens is 160 g/mol. The summed E-state index contributed by atoms with van der Waals surface area (Å²) in [5, 5.41) is 0. The molecule has 0 aromatic heterocycles. The van der Waals surface area contributed by atoms with E-state index in [2.05, 4.69) is 0 Å². The molecule has 1 fully saturated rings. The van der Waals surface area contributed by atoms with E-state index in [4.69, 9.17) is 4.74 Å². The second-order valence-corrected chi connectivity index (χ2v) is 4.02. The Hall–Kier alpha value is -0.0200. The van der Waals surface area contributed by atoms with Crippen LogP contribution in [0.2, 0.25) is 0 Å². The molecule has 0 bridgehead atoms. The SMILES string of the molecule is COC1(C(C)=O)CCCSC1. The van der Waals surface area contributed by atoms with Gasteiger partial charge in [0.1, 0.15) is 5.60 Å². The average Bonchev–Trinajstić information content (AvgIpc) is 2.05. The molecule has 3 heteroatoms. The fraction of sp³-hybridized carbons (Fsp3) is 0.875. The Morgan fingerprint density at radius 3 is 2.64 bits per heavy atom. The van der Waals surface area contributed by atoms with E-state index >= 15 is 0 Å².